The number of rotatable bonds is 9. The average Bonchev–Trinajstić information content (AvgIpc) is 3.33. The summed E-state index contributed by atoms with van der Waals surface area (Å²) in [5.41, 5.74) is 0. The molecule has 142 valence electrons. The summed E-state index contributed by atoms with van der Waals surface area (Å²) in [7, 11) is 1.77. The molecule has 10 heteroatoms. The van der Waals surface area contributed by atoms with Crippen molar-refractivity contribution < 1.29 is 9.53 Å². The third-order valence-electron chi connectivity index (χ3n) is 3.64. The molecule has 0 aliphatic carbocycles. The summed E-state index contributed by atoms with van der Waals surface area (Å²) in [6.07, 6.45) is 0. The Kier molecular flexibility index (Phi) is 7.25. The highest BCUT2D eigenvalue weighted by Crippen LogP contribution is 2.18. The van der Waals surface area contributed by atoms with Crippen molar-refractivity contribution >= 4 is 44.9 Å². The van der Waals surface area contributed by atoms with Crippen molar-refractivity contribution in [3.63, 3.8) is 0 Å². The molecule has 0 N–H and O–H groups in total. The van der Waals surface area contributed by atoms with Gasteiger partial charge in [0.15, 0.2) is 0 Å². The molecule has 0 saturated carbocycles. The van der Waals surface area contributed by atoms with Crippen LogP contribution in [0.5, 0.6) is 5.75 Å². The Morgan fingerprint density at radius 3 is 2.89 bits per heavy atom. The molecule has 27 heavy (non-hydrogen) atoms. The Labute approximate surface area is 173 Å². The maximum atomic E-state index is 12.3. The number of ether oxygens (including phenoxy) is 1. The first-order chi connectivity index (χ1) is 13.1. The Balaban J connectivity index is 1.42. The third-order valence-corrected chi connectivity index (χ3v) is 5.98. The van der Waals surface area contributed by atoms with E-state index in [1.54, 1.807) is 28.0 Å². The molecule has 0 aliphatic rings. The van der Waals surface area contributed by atoms with E-state index in [-0.39, 0.29) is 11.7 Å². The maximum Gasteiger partial charge on any atom is 0.232 e. The quantitative estimate of drug-likeness (QED) is 0.450. The first kappa shape index (κ1) is 19.8. The number of hydrogen-bond donors (Lipinski definition) is 0. The summed E-state index contributed by atoms with van der Waals surface area (Å²) in [6.45, 7) is 1.55. The standard InChI is InChI=1S/C17H18BrN5O2S2/c1-22(8-9-25-14-6-4-13(18)5-7-14)16(24)12-27-17-19-20-21-23(17)11-15-3-2-10-26-15/h2-7,10H,8-9,11-12H2,1H3. The zero-order chi connectivity index (χ0) is 19.1. The number of amides is 1. The molecule has 0 bridgehead atoms. The SMILES string of the molecule is CN(CCOc1ccc(Br)cc1)C(=O)CSc1nnnn1Cc1cccs1. The molecule has 2 aromatic heterocycles. The summed E-state index contributed by atoms with van der Waals surface area (Å²) < 4.78 is 8.36. The summed E-state index contributed by atoms with van der Waals surface area (Å²) in [4.78, 5) is 15.1. The Bertz CT molecular complexity index is 855. The number of thioether (sulfide) groups is 1. The summed E-state index contributed by atoms with van der Waals surface area (Å²) in [5.74, 6) is 1.06. The minimum absolute atomic E-state index is 0.00470. The van der Waals surface area contributed by atoms with Crippen molar-refractivity contribution in [1.29, 1.82) is 0 Å². The molecule has 0 aliphatic heterocycles. The molecule has 2 heterocycles. The predicted octanol–water partition coefficient (Wildman–Crippen LogP) is 3.17. The van der Waals surface area contributed by atoms with Gasteiger partial charge in [0, 0.05) is 16.4 Å². The van der Waals surface area contributed by atoms with E-state index in [4.69, 9.17) is 4.74 Å². The molecule has 0 unspecified atom stereocenters. The van der Waals surface area contributed by atoms with Crippen LogP contribution in [0.4, 0.5) is 0 Å². The Morgan fingerprint density at radius 1 is 1.33 bits per heavy atom. The van der Waals surface area contributed by atoms with Crippen LogP contribution in [-0.2, 0) is 11.3 Å². The van der Waals surface area contributed by atoms with Gasteiger partial charge in [0.25, 0.3) is 0 Å². The van der Waals surface area contributed by atoms with E-state index in [1.807, 2.05) is 41.8 Å². The van der Waals surface area contributed by atoms with E-state index >= 15 is 0 Å². The second-order valence-electron chi connectivity index (χ2n) is 5.60. The van der Waals surface area contributed by atoms with Crippen molar-refractivity contribution in [2.75, 3.05) is 26.0 Å². The number of nitrogens with zero attached hydrogens (tertiary/aromatic N) is 5. The van der Waals surface area contributed by atoms with Crippen LogP contribution in [0.2, 0.25) is 0 Å². The van der Waals surface area contributed by atoms with Crippen molar-refractivity contribution in [2.45, 2.75) is 11.7 Å². The van der Waals surface area contributed by atoms with Gasteiger partial charge < -0.3 is 9.64 Å². The van der Waals surface area contributed by atoms with Gasteiger partial charge in [-0.2, -0.15) is 0 Å². The molecule has 1 aromatic carbocycles. The van der Waals surface area contributed by atoms with E-state index in [1.165, 1.54) is 11.8 Å². The van der Waals surface area contributed by atoms with Gasteiger partial charge in [-0.25, -0.2) is 4.68 Å². The number of aromatic nitrogens is 4. The topological polar surface area (TPSA) is 73.1 Å². The molecular weight excluding hydrogens is 450 g/mol. The number of tetrazole rings is 1. The normalized spacial score (nSPS) is 10.7. The molecule has 1 amide bonds. The van der Waals surface area contributed by atoms with E-state index in [0.717, 1.165) is 15.1 Å². The minimum Gasteiger partial charge on any atom is -0.492 e. The molecule has 0 spiro atoms. The number of benzene rings is 1. The van der Waals surface area contributed by atoms with Gasteiger partial charge in [0.05, 0.1) is 18.8 Å². The van der Waals surface area contributed by atoms with Gasteiger partial charge in [0.1, 0.15) is 12.4 Å². The van der Waals surface area contributed by atoms with Gasteiger partial charge in [-0.15, -0.1) is 16.4 Å². The number of halogens is 1. The summed E-state index contributed by atoms with van der Waals surface area (Å²) in [5, 5.41) is 14.4. The molecule has 3 aromatic rings. The summed E-state index contributed by atoms with van der Waals surface area (Å²) >= 11 is 6.37. The van der Waals surface area contributed by atoms with Crippen molar-refractivity contribution in [2.24, 2.45) is 0 Å². The van der Waals surface area contributed by atoms with Crippen LogP contribution in [0.15, 0.2) is 51.4 Å². The van der Waals surface area contributed by atoms with Crippen molar-refractivity contribution in [1.82, 2.24) is 25.1 Å². The molecule has 0 radical (unpaired) electrons. The van der Waals surface area contributed by atoms with Crippen LogP contribution in [0.3, 0.4) is 0 Å². The van der Waals surface area contributed by atoms with Crippen LogP contribution >= 0.6 is 39.0 Å². The van der Waals surface area contributed by atoms with E-state index < -0.39 is 0 Å². The fourth-order valence-corrected chi connectivity index (χ4v) is 3.91. The van der Waals surface area contributed by atoms with Crippen LogP contribution < -0.4 is 4.74 Å². The van der Waals surface area contributed by atoms with Crippen molar-refractivity contribution in [3.05, 3.63) is 51.1 Å². The lowest BCUT2D eigenvalue weighted by Gasteiger charge is -2.17. The maximum absolute atomic E-state index is 12.3. The highest BCUT2D eigenvalue weighted by Gasteiger charge is 2.14. The number of thiophene rings is 1. The molecule has 7 nitrogen and oxygen atoms in total. The fourth-order valence-electron chi connectivity index (χ4n) is 2.14. The Morgan fingerprint density at radius 2 is 2.15 bits per heavy atom. The Hall–Kier alpha value is -1.91. The highest BCUT2D eigenvalue weighted by atomic mass is 79.9. The monoisotopic (exact) mass is 467 g/mol. The van der Waals surface area contributed by atoms with E-state index in [9.17, 15) is 4.79 Å². The number of carbonyl (C=O) groups is 1. The third kappa shape index (κ3) is 6.05. The van der Waals surface area contributed by atoms with Gasteiger partial charge in [-0.1, -0.05) is 33.8 Å². The van der Waals surface area contributed by atoms with Gasteiger partial charge in [0.2, 0.25) is 11.1 Å². The zero-order valence-electron chi connectivity index (χ0n) is 14.6. The number of likely N-dealkylation sites (N-methyl/N-ethyl adjacent to an activating group) is 1. The van der Waals surface area contributed by atoms with E-state index in [2.05, 4.69) is 31.5 Å². The van der Waals surface area contributed by atoms with Crippen molar-refractivity contribution in [3.8, 4) is 5.75 Å². The number of carbonyl (C=O) groups excluding carboxylic acids is 1. The lowest BCUT2D eigenvalue weighted by molar-refractivity contribution is -0.127. The molecule has 0 saturated heterocycles. The first-order valence-electron chi connectivity index (χ1n) is 8.15. The summed E-state index contributed by atoms with van der Waals surface area (Å²) in [6, 6.07) is 11.6. The molecule has 3 rings (SSSR count). The highest BCUT2D eigenvalue weighted by molar-refractivity contribution is 9.10. The fraction of sp³-hybridized carbons (Fsp3) is 0.294. The second kappa shape index (κ2) is 9.86. The first-order valence-corrected chi connectivity index (χ1v) is 10.8. The van der Waals surface area contributed by atoms with Gasteiger partial charge in [-0.05, 0) is 46.1 Å². The zero-order valence-corrected chi connectivity index (χ0v) is 17.8. The van der Waals surface area contributed by atoms with Crippen LogP contribution in [0, 0.1) is 0 Å². The lowest BCUT2D eigenvalue weighted by Crippen LogP contribution is -2.32. The predicted molar refractivity (Wildman–Crippen MR) is 109 cm³/mol. The smallest absolute Gasteiger partial charge is 0.232 e. The van der Waals surface area contributed by atoms with Gasteiger partial charge >= 0.3 is 0 Å². The molecule has 0 fully saturated rings. The van der Waals surface area contributed by atoms with Crippen LogP contribution in [0.1, 0.15) is 4.88 Å². The second-order valence-corrected chi connectivity index (χ2v) is 8.50. The van der Waals surface area contributed by atoms with E-state index in [0.29, 0.717) is 24.9 Å². The van der Waals surface area contributed by atoms with Gasteiger partial charge in [-0.3, -0.25) is 4.79 Å². The van der Waals surface area contributed by atoms with Crippen LogP contribution in [-0.4, -0.2) is 57.0 Å². The molecular formula is C17H18BrN5O2S2. The largest absolute Gasteiger partial charge is 0.492 e. The number of hydrogen-bond acceptors (Lipinski definition) is 7. The lowest BCUT2D eigenvalue weighted by atomic mass is 10.3. The van der Waals surface area contributed by atoms with Crippen LogP contribution in [0.25, 0.3) is 0 Å². The minimum atomic E-state index is 0.00470. The average molecular weight is 468 g/mol. The molecule has 0 atom stereocenters.